The van der Waals surface area contributed by atoms with Crippen molar-refractivity contribution in [3.8, 4) is 5.75 Å². The standard InChI is InChI=1S/C24H25NO6/c1-14(2)21(26)19-20(16-9-11-18(30-3)12-10-16)25(23(28)22(19)27)13-15-5-7-17(8-6-15)24(29)31-4/h5-12,14,20,27H,13H2,1-4H3. The minimum atomic E-state index is -0.728. The van der Waals surface area contributed by atoms with Gasteiger partial charge in [-0.25, -0.2) is 4.79 Å². The lowest BCUT2D eigenvalue weighted by molar-refractivity contribution is -0.130. The van der Waals surface area contributed by atoms with Crippen molar-refractivity contribution in [2.75, 3.05) is 14.2 Å². The van der Waals surface area contributed by atoms with Gasteiger partial charge < -0.3 is 19.5 Å². The van der Waals surface area contributed by atoms with Gasteiger partial charge in [0.2, 0.25) is 0 Å². The summed E-state index contributed by atoms with van der Waals surface area (Å²) in [4.78, 5) is 38.9. The Morgan fingerprint density at radius 3 is 2.16 bits per heavy atom. The van der Waals surface area contributed by atoms with Crippen LogP contribution in [0.1, 0.15) is 41.4 Å². The molecule has 1 heterocycles. The van der Waals surface area contributed by atoms with Crippen LogP contribution in [0, 0.1) is 5.92 Å². The minimum Gasteiger partial charge on any atom is -0.503 e. The summed E-state index contributed by atoms with van der Waals surface area (Å²) in [5.74, 6) is -1.61. The minimum absolute atomic E-state index is 0.0938. The van der Waals surface area contributed by atoms with E-state index in [1.807, 2.05) is 0 Å². The summed E-state index contributed by atoms with van der Waals surface area (Å²) in [5, 5.41) is 10.6. The SMILES string of the molecule is COC(=O)c1ccc(CN2C(=O)C(O)=C(C(=O)C(C)C)C2c2ccc(OC)cc2)cc1. The third-order valence-electron chi connectivity index (χ3n) is 5.25. The number of ketones is 1. The number of amides is 1. The number of aliphatic hydroxyl groups excluding tert-OH is 1. The fourth-order valence-corrected chi connectivity index (χ4v) is 3.57. The van der Waals surface area contributed by atoms with E-state index >= 15 is 0 Å². The Morgan fingerprint density at radius 1 is 1.03 bits per heavy atom. The maximum atomic E-state index is 12.9. The summed E-state index contributed by atoms with van der Waals surface area (Å²) < 4.78 is 9.91. The highest BCUT2D eigenvalue weighted by Crippen LogP contribution is 2.40. The molecule has 0 bridgehead atoms. The van der Waals surface area contributed by atoms with Crippen LogP contribution >= 0.6 is 0 Å². The van der Waals surface area contributed by atoms with Crippen molar-refractivity contribution in [2.24, 2.45) is 5.92 Å². The predicted molar refractivity (Wildman–Crippen MR) is 114 cm³/mol. The number of nitrogens with zero attached hydrogens (tertiary/aromatic N) is 1. The van der Waals surface area contributed by atoms with Gasteiger partial charge in [-0.3, -0.25) is 9.59 Å². The number of esters is 1. The Morgan fingerprint density at radius 2 is 1.65 bits per heavy atom. The summed E-state index contributed by atoms with van der Waals surface area (Å²) in [6.45, 7) is 3.61. The number of rotatable bonds is 7. The number of benzene rings is 2. The lowest BCUT2D eigenvalue weighted by atomic mass is 9.91. The molecule has 0 saturated carbocycles. The molecule has 1 unspecified atom stereocenters. The lowest BCUT2D eigenvalue weighted by Gasteiger charge is -2.27. The highest BCUT2D eigenvalue weighted by molar-refractivity contribution is 6.09. The third kappa shape index (κ3) is 4.30. The molecule has 1 atom stereocenters. The summed E-state index contributed by atoms with van der Waals surface area (Å²) >= 11 is 0. The van der Waals surface area contributed by atoms with E-state index in [1.165, 1.54) is 12.0 Å². The zero-order chi connectivity index (χ0) is 22.7. The second-order valence-electron chi connectivity index (χ2n) is 7.58. The van der Waals surface area contributed by atoms with Gasteiger partial charge in [-0.05, 0) is 35.4 Å². The van der Waals surface area contributed by atoms with E-state index in [0.717, 1.165) is 5.56 Å². The number of aliphatic hydroxyl groups is 1. The number of methoxy groups -OCH3 is 2. The Labute approximate surface area is 180 Å². The predicted octanol–water partition coefficient (Wildman–Crippen LogP) is 3.60. The second kappa shape index (κ2) is 9.04. The quantitative estimate of drug-likeness (QED) is 0.684. The molecule has 0 aromatic heterocycles. The van der Waals surface area contributed by atoms with Crippen LogP contribution in [-0.2, 0) is 20.9 Å². The van der Waals surface area contributed by atoms with E-state index in [4.69, 9.17) is 9.47 Å². The molecule has 0 radical (unpaired) electrons. The van der Waals surface area contributed by atoms with Crippen LogP contribution in [0.25, 0.3) is 0 Å². The molecule has 7 heteroatoms. The average molecular weight is 423 g/mol. The molecule has 0 aliphatic carbocycles. The number of carbonyl (C=O) groups is 3. The smallest absolute Gasteiger partial charge is 0.337 e. The topological polar surface area (TPSA) is 93.1 Å². The van der Waals surface area contributed by atoms with Gasteiger partial charge in [0.15, 0.2) is 11.5 Å². The first-order chi connectivity index (χ1) is 14.8. The van der Waals surface area contributed by atoms with Crippen molar-refractivity contribution in [2.45, 2.75) is 26.4 Å². The molecular formula is C24H25NO6. The van der Waals surface area contributed by atoms with Gasteiger partial charge in [0.05, 0.1) is 31.4 Å². The first kappa shape index (κ1) is 22.1. The fourth-order valence-electron chi connectivity index (χ4n) is 3.57. The summed E-state index contributed by atoms with van der Waals surface area (Å²) in [7, 11) is 2.86. The van der Waals surface area contributed by atoms with Crippen molar-refractivity contribution in [3.63, 3.8) is 0 Å². The van der Waals surface area contributed by atoms with Crippen LogP contribution in [0.15, 0.2) is 59.9 Å². The van der Waals surface area contributed by atoms with E-state index in [9.17, 15) is 19.5 Å². The highest BCUT2D eigenvalue weighted by atomic mass is 16.5. The molecule has 0 fully saturated rings. The van der Waals surface area contributed by atoms with E-state index in [1.54, 1.807) is 69.5 Å². The van der Waals surface area contributed by atoms with Crippen molar-refractivity contribution < 1.29 is 29.0 Å². The van der Waals surface area contributed by atoms with Crippen molar-refractivity contribution in [1.82, 2.24) is 4.90 Å². The molecule has 7 nitrogen and oxygen atoms in total. The van der Waals surface area contributed by atoms with Crippen LogP contribution in [0.2, 0.25) is 0 Å². The Bertz CT molecular complexity index is 1020. The van der Waals surface area contributed by atoms with Gasteiger partial charge in [-0.15, -0.1) is 0 Å². The van der Waals surface area contributed by atoms with Crippen molar-refractivity contribution in [1.29, 1.82) is 0 Å². The van der Waals surface area contributed by atoms with Crippen LogP contribution in [0.5, 0.6) is 5.75 Å². The van der Waals surface area contributed by atoms with E-state index in [2.05, 4.69) is 0 Å². The third-order valence-corrected chi connectivity index (χ3v) is 5.25. The molecule has 2 aromatic carbocycles. The van der Waals surface area contributed by atoms with Gasteiger partial charge in [0, 0.05) is 12.5 Å². The first-order valence-electron chi connectivity index (χ1n) is 9.88. The molecule has 31 heavy (non-hydrogen) atoms. The molecular weight excluding hydrogens is 398 g/mol. The van der Waals surface area contributed by atoms with Gasteiger partial charge in [-0.1, -0.05) is 38.1 Å². The molecule has 1 aliphatic rings. The maximum Gasteiger partial charge on any atom is 0.337 e. The van der Waals surface area contributed by atoms with Crippen LogP contribution in [0.4, 0.5) is 0 Å². The van der Waals surface area contributed by atoms with Crippen LogP contribution in [-0.4, -0.2) is 41.9 Å². The number of Topliss-reactive ketones (excluding diaryl/α,β-unsaturated/α-hetero) is 1. The molecule has 1 N–H and O–H groups in total. The largest absolute Gasteiger partial charge is 0.503 e. The molecule has 162 valence electrons. The van der Waals surface area contributed by atoms with Crippen molar-refractivity contribution in [3.05, 3.63) is 76.6 Å². The zero-order valence-corrected chi connectivity index (χ0v) is 17.9. The Balaban J connectivity index is 1.99. The van der Waals surface area contributed by atoms with Gasteiger partial charge in [0.1, 0.15) is 5.75 Å². The normalized spacial score (nSPS) is 16.1. The van der Waals surface area contributed by atoms with E-state index < -0.39 is 23.7 Å². The first-order valence-corrected chi connectivity index (χ1v) is 9.88. The Kier molecular flexibility index (Phi) is 6.44. The van der Waals surface area contributed by atoms with Crippen molar-refractivity contribution >= 4 is 17.7 Å². The molecule has 3 rings (SSSR count). The molecule has 0 spiro atoms. The van der Waals surface area contributed by atoms with Gasteiger partial charge in [0.25, 0.3) is 5.91 Å². The average Bonchev–Trinajstić information content (AvgIpc) is 3.03. The van der Waals surface area contributed by atoms with Crippen LogP contribution < -0.4 is 4.74 Å². The Hall–Kier alpha value is -3.61. The van der Waals surface area contributed by atoms with Gasteiger partial charge in [-0.2, -0.15) is 0 Å². The number of hydrogen-bond donors (Lipinski definition) is 1. The highest BCUT2D eigenvalue weighted by Gasteiger charge is 2.43. The van der Waals surface area contributed by atoms with E-state index in [-0.39, 0.29) is 23.8 Å². The molecule has 2 aromatic rings. The fraction of sp³-hybridized carbons (Fsp3) is 0.292. The lowest BCUT2D eigenvalue weighted by Crippen LogP contribution is -2.31. The monoisotopic (exact) mass is 423 g/mol. The summed E-state index contributed by atoms with van der Waals surface area (Å²) in [6, 6.07) is 13.0. The summed E-state index contributed by atoms with van der Waals surface area (Å²) in [5.41, 5.74) is 1.91. The van der Waals surface area contributed by atoms with Crippen LogP contribution in [0.3, 0.4) is 0 Å². The second-order valence-corrected chi connectivity index (χ2v) is 7.58. The summed E-state index contributed by atoms with van der Waals surface area (Å²) in [6.07, 6.45) is 0. The zero-order valence-electron chi connectivity index (χ0n) is 17.9. The maximum absolute atomic E-state index is 12.9. The van der Waals surface area contributed by atoms with Gasteiger partial charge >= 0.3 is 5.97 Å². The molecule has 1 amide bonds. The molecule has 1 aliphatic heterocycles. The van der Waals surface area contributed by atoms with E-state index in [0.29, 0.717) is 16.9 Å². The number of carbonyl (C=O) groups excluding carboxylic acids is 3. The number of hydrogen-bond acceptors (Lipinski definition) is 6. The molecule has 0 saturated heterocycles. The number of ether oxygens (including phenoxy) is 2.